The van der Waals surface area contributed by atoms with Gasteiger partial charge in [0.1, 0.15) is 11.5 Å². The summed E-state index contributed by atoms with van der Waals surface area (Å²) in [4.78, 5) is 20.7. The van der Waals surface area contributed by atoms with Gasteiger partial charge < -0.3 is 9.71 Å². The summed E-state index contributed by atoms with van der Waals surface area (Å²) in [6.45, 7) is 2.04. The van der Waals surface area contributed by atoms with E-state index in [1.807, 2.05) is 31.0 Å². The Bertz CT molecular complexity index is 1110. The molecule has 0 spiro atoms. The Morgan fingerprint density at radius 2 is 2.07 bits per heavy atom. The number of benzene rings is 1. The molecule has 0 radical (unpaired) electrons. The number of aromatic nitrogens is 2. The van der Waals surface area contributed by atoms with Crippen molar-refractivity contribution in [3.8, 4) is 0 Å². The highest BCUT2D eigenvalue weighted by Gasteiger charge is 2.24. The molecule has 150 valence electrons. The van der Waals surface area contributed by atoms with Crippen molar-refractivity contribution in [1.82, 2.24) is 9.97 Å². The third-order valence-electron chi connectivity index (χ3n) is 4.28. The average molecular weight is 478 g/mol. The fourth-order valence-corrected chi connectivity index (χ4v) is 3.73. The summed E-state index contributed by atoms with van der Waals surface area (Å²) < 4.78 is 32.1. The van der Waals surface area contributed by atoms with Crippen LogP contribution >= 0.6 is 27.9 Å². The number of ketones is 1. The third-order valence-corrected chi connectivity index (χ3v) is 5.11. The number of carbonyl (C=O) groups excluding carboxylic acids is 1. The number of alkyl halides is 1. The molecule has 4 nitrogen and oxygen atoms in total. The number of rotatable bonds is 5. The minimum Gasteiger partial charge on any atom is -0.345 e. The molecular weight excluding hydrogens is 460 g/mol. The third kappa shape index (κ3) is 4.43. The molecule has 0 bridgehead atoms. The van der Waals surface area contributed by atoms with Gasteiger partial charge in [0.2, 0.25) is 5.78 Å². The Labute approximate surface area is 179 Å². The summed E-state index contributed by atoms with van der Waals surface area (Å²) in [7, 11) is 0. The van der Waals surface area contributed by atoms with Crippen LogP contribution in [0.5, 0.6) is 0 Å². The van der Waals surface area contributed by atoms with E-state index in [1.165, 1.54) is 24.2 Å². The summed E-state index contributed by atoms with van der Waals surface area (Å²) in [5, 5.41) is 0.518. The smallest absolute Gasteiger partial charge is 0.201 e. The van der Waals surface area contributed by atoms with Gasteiger partial charge >= 0.3 is 0 Å². The zero-order chi connectivity index (χ0) is 21.0. The van der Waals surface area contributed by atoms with Crippen LogP contribution in [-0.2, 0) is 0 Å². The fraction of sp³-hybridized carbons (Fsp3) is 0.143. The van der Waals surface area contributed by atoms with Gasteiger partial charge in [0.15, 0.2) is 5.82 Å². The van der Waals surface area contributed by atoms with E-state index in [0.29, 0.717) is 17.0 Å². The van der Waals surface area contributed by atoms with Crippen LogP contribution in [0.25, 0.3) is 11.0 Å². The maximum absolute atomic E-state index is 14.9. The molecule has 2 heterocycles. The van der Waals surface area contributed by atoms with Crippen molar-refractivity contribution in [2.24, 2.45) is 5.92 Å². The van der Waals surface area contributed by atoms with E-state index in [-0.39, 0.29) is 11.3 Å². The van der Waals surface area contributed by atoms with Crippen molar-refractivity contribution >= 4 is 50.4 Å². The number of nitrogens with one attached hydrogen (secondary N) is 2. The second-order valence-electron chi connectivity index (χ2n) is 6.21. The lowest BCUT2D eigenvalue weighted by Gasteiger charge is -2.10. The highest BCUT2D eigenvalue weighted by molar-refractivity contribution is 9.08. The molecule has 2 N–H and O–H groups in total. The lowest BCUT2D eigenvalue weighted by atomic mass is 10.0. The van der Waals surface area contributed by atoms with E-state index >= 15 is 0 Å². The molecular formula is C21H18BrF2N3OS. The van der Waals surface area contributed by atoms with E-state index < -0.39 is 23.0 Å². The molecule has 1 atom stereocenters. The van der Waals surface area contributed by atoms with Crippen LogP contribution in [0.1, 0.15) is 22.8 Å². The van der Waals surface area contributed by atoms with Gasteiger partial charge in [-0.2, -0.15) is 0 Å². The minimum atomic E-state index is -0.915. The number of nitrogens with zero attached hydrogens (tertiary/aromatic N) is 1. The van der Waals surface area contributed by atoms with Gasteiger partial charge in [-0.3, -0.25) is 4.79 Å². The molecule has 1 aliphatic rings. The zero-order valence-electron chi connectivity index (χ0n) is 15.7. The van der Waals surface area contributed by atoms with Crippen molar-refractivity contribution < 1.29 is 13.6 Å². The minimum absolute atomic E-state index is 0.0524. The van der Waals surface area contributed by atoms with Gasteiger partial charge in [-0.05, 0) is 48.0 Å². The topological polar surface area (TPSA) is 57.8 Å². The largest absolute Gasteiger partial charge is 0.345 e. The van der Waals surface area contributed by atoms with Crippen LogP contribution in [0.15, 0.2) is 59.8 Å². The van der Waals surface area contributed by atoms with Gasteiger partial charge in [-0.15, -0.1) is 0 Å². The predicted octanol–water partition coefficient (Wildman–Crippen LogP) is 6.23. The SMILES string of the molecule is CBr.CC1C=CC(SNc2ccc(F)c(C(=O)c3c[nH]c4ncccc34)c2F)=C1. The number of allylic oxidation sites excluding steroid dienone is 3. The van der Waals surface area contributed by atoms with Crippen LogP contribution in [-0.4, -0.2) is 21.6 Å². The molecule has 1 aromatic carbocycles. The van der Waals surface area contributed by atoms with Crippen LogP contribution in [0.4, 0.5) is 14.5 Å². The Hall–Kier alpha value is -2.45. The molecule has 0 fully saturated rings. The first-order valence-electron chi connectivity index (χ1n) is 8.70. The summed E-state index contributed by atoms with van der Waals surface area (Å²) in [5.41, 5.74) is 0.128. The van der Waals surface area contributed by atoms with Gasteiger partial charge in [0, 0.05) is 28.2 Å². The number of hydrogen-bond acceptors (Lipinski definition) is 4. The van der Waals surface area contributed by atoms with E-state index in [4.69, 9.17) is 0 Å². The van der Waals surface area contributed by atoms with Crippen molar-refractivity contribution in [2.75, 3.05) is 10.6 Å². The van der Waals surface area contributed by atoms with E-state index in [2.05, 4.69) is 30.6 Å². The number of halogens is 3. The molecule has 2 aromatic heterocycles. The van der Waals surface area contributed by atoms with Crippen LogP contribution in [0, 0.1) is 17.6 Å². The normalized spacial score (nSPS) is 15.1. The maximum atomic E-state index is 14.9. The highest BCUT2D eigenvalue weighted by Crippen LogP contribution is 2.31. The first-order chi connectivity index (χ1) is 14.0. The standard InChI is InChI=1S/C20H15F2N3OS.CH3Br/c1-11-4-5-12(9-11)27-25-16-7-6-15(21)17(18(16)22)19(26)14-10-24-20-13(14)3-2-8-23-20;1-2/h2-11,25H,1H3,(H,23,24);1H3. The number of carbonyl (C=O) groups is 1. The predicted molar refractivity (Wildman–Crippen MR) is 118 cm³/mol. The molecule has 1 unspecified atom stereocenters. The number of pyridine rings is 1. The maximum Gasteiger partial charge on any atom is 0.201 e. The van der Waals surface area contributed by atoms with Crippen molar-refractivity contribution in [2.45, 2.75) is 6.92 Å². The van der Waals surface area contributed by atoms with Gasteiger partial charge in [0.05, 0.1) is 11.3 Å². The van der Waals surface area contributed by atoms with Crippen LogP contribution in [0.3, 0.4) is 0 Å². The Kier molecular flexibility index (Phi) is 6.87. The fourth-order valence-electron chi connectivity index (χ4n) is 2.92. The molecule has 8 heteroatoms. The average Bonchev–Trinajstić information content (AvgIpc) is 3.35. The zero-order valence-corrected chi connectivity index (χ0v) is 18.1. The van der Waals surface area contributed by atoms with Crippen molar-refractivity contribution in [3.05, 3.63) is 82.6 Å². The molecule has 29 heavy (non-hydrogen) atoms. The number of anilines is 1. The number of hydrogen-bond donors (Lipinski definition) is 2. The van der Waals surface area contributed by atoms with Crippen molar-refractivity contribution in [3.63, 3.8) is 0 Å². The highest BCUT2D eigenvalue weighted by atomic mass is 79.9. The molecule has 0 saturated carbocycles. The molecule has 0 amide bonds. The first kappa shape index (κ1) is 21.3. The van der Waals surface area contributed by atoms with Gasteiger partial charge in [-0.25, -0.2) is 13.8 Å². The van der Waals surface area contributed by atoms with E-state index in [1.54, 1.807) is 18.3 Å². The van der Waals surface area contributed by atoms with E-state index in [0.717, 1.165) is 11.0 Å². The quantitative estimate of drug-likeness (QED) is 0.259. The van der Waals surface area contributed by atoms with Gasteiger partial charge in [0.25, 0.3) is 0 Å². The van der Waals surface area contributed by atoms with Crippen molar-refractivity contribution in [1.29, 1.82) is 0 Å². The summed E-state index contributed by atoms with van der Waals surface area (Å²) >= 11 is 4.15. The number of fused-ring (bicyclic) bond motifs is 1. The lowest BCUT2D eigenvalue weighted by Crippen LogP contribution is -2.09. The summed E-state index contributed by atoms with van der Waals surface area (Å²) in [6.07, 6.45) is 8.95. The molecule has 4 rings (SSSR count). The molecule has 0 aliphatic heterocycles. The number of aromatic amines is 1. The second kappa shape index (κ2) is 9.37. The molecule has 1 aliphatic carbocycles. The first-order valence-corrected chi connectivity index (χ1v) is 11.1. The van der Waals surface area contributed by atoms with Crippen LogP contribution < -0.4 is 4.72 Å². The number of H-pyrrole nitrogens is 1. The second-order valence-corrected chi connectivity index (χ2v) is 7.09. The molecule has 3 aromatic rings. The summed E-state index contributed by atoms with van der Waals surface area (Å²) in [5.74, 6) is -0.416. The lowest BCUT2D eigenvalue weighted by molar-refractivity contribution is 0.103. The van der Waals surface area contributed by atoms with E-state index in [9.17, 15) is 13.6 Å². The molecule has 0 saturated heterocycles. The Morgan fingerprint density at radius 1 is 1.28 bits per heavy atom. The van der Waals surface area contributed by atoms with Crippen LogP contribution in [0.2, 0.25) is 0 Å². The van der Waals surface area contributed by atoms with Gasteiger partial charge in [-0.1, -0.05) is 41.1 Å². The Balaban J connectivity index is 0.00000117. The Morgan fingerprint density at radius 3 is 2.79 bits per heavy atom. The summed E-state index contributed by atoms with van der Waals surface area (Å²) in [6, 6.07) is 5.72. The monoisotopic (exact) mass is 477 g/mol.